The molecule has 0 spiro atoms. The van der Waals surface area contributed by atoms with Crippen LogP contribution in [0.15, 0.2) is 12.1 Å². The number of hydrogen-bond acceptors (Lipinski definition) is 4. The Labute approximate surface area is 194 Å². The molecule has 182 valence electrons. The highest BCUT2D eigenvalue weighted by atomic mass is 19.1. The highest BCUT2D eigenvalue weighted by molar-refractivity contribution is 5.49. The quantitative estimate of drug-likeness (QED) is 0.368. The average molecular weight is 450 g/mol. The second-order valence-corrected chi connectivity index (χ2v) is 10.7. The molecule has 5 heteroatoms. The fourth-order valence-corrected chi connectivity index (χ4v) is 5.50. The first-order valence-electron chi connectivity index (χ1n) is 12.5. The van der Waals surface area contributed by atoms with E-state index in [0.29, 0.717) is 24.3 Å². The van der Waals surface area contributed by atoms with E-state index in [1.54, 1.807) is 28.1 Å². The molecular weight excluding hydrogens is 405 g/mol. The number of unbranched alkanes of at least 4 members (excludes halogenated alkanes) is 2. The summed E-state index contributed by atoms with van der Waals surface area (Å²) >= 11 is 0. The maximum atomic E-state index is 13.7. The zero-order valence-electron chi connectivity index (χ0n) is 21.1. The molecule has 0 aliphatic carbocycles. The van der Waals surface area contributed by atoms with Crippen molar-refractivity contribution in [2.45, 2.75) is 90.5 Å². The Kier molecular flexibility index (Phi) is 8.85. The van der Waals surface area contributed by atoms with Crippen molar-refractivity contribution in [1.82, 2.24) is 4.90 Å². The van der Waals surface area contributed by atoms with Gasteiger partial charge in [0.15, 0.2) is 11.5 Å². The number of ether oxygens (including phenoxy) is 3. The molecule has 1 saturated heterocycles. The Bertz CT molecular complexity index is 730. The van der Waals surface area contributed by atoms with Crippen LogP contribution in [-0.4, -0.2) is 50.6 Å². The first-order valence-corrected chi connectivity index (χ1v) is 12.5. The molecule has 2 heterocycles. The predicted octanol–water partition coefficient (Wildman–Crippen LogP) is 6.36. The van der Waals surface area contributed by atoms with Crippen LogP contribution in [0.3, 0.4) is 0 Å². The molecule has 2 aliphatic rings. The number of halogens is 1. The molecule has 4 nitrogen and oxygen atoms in total. The van der Waals surface area contributed by atoms with E-state index in [2.05, 4.69) is 30.9 Å². The van der Waals surface area contributed by atoms with Gasteiger partial charge in [-0.2, -0.15) is 0 Å². The van der Waals surface area contributed by atoms with Crippen LogP contribution in [0.4, 0.5) is 4.39 Å². The third-order valence-electron chi connectivity index (χ3n) is 7.09. The number of hydrogen-bond donors (Lipinski definition) is 0. The number of nitrogens with zero attached hydrogens (tertiary/aromatic N) is 1. The number of methoxy groups -OCH3 is 2. The number of rotatable bonds is 11. The first kappa shape index (κ1) is 25.3. The Morgan fingerprint density at radius 2 is 1.81 bits per heavy atom. The van der Waals surface area contributed by atoms with E-state index < -0.39 is 5.67 Å². The molecule has 1 aromatic carbocycles. The van der Waals surface area contributed by atoms with Gasteiger partial charge in [0.05, 0.1) is 20.3 Å². The van der Waals surface area contributed by atoms with Crippen molar-refractivity contribution in [3.05, 3.63) is 23.3 Å². The van der Waals surface area contributed by atoms with Crippen LogP contribution in [0.5, 0.6) is 11.5 Å². The normalized spacial score (nSPS) is 23.7. The van der Waals surface area contributed by atoms with Crippen molar-refractivity contribution in [1.29, 1.82) is 0 Å². The molecule has 2 aliphatic heterocycles. The molecule has 1 fully saturated rings. The monoisotopic (exact) mass is 449 g/mol. The molecule has 0 unspecified atom stereocenters. The maximum absolute atomic E-state index is 13.7. The molecule has 3 rings (SSSR count). The maximum Gasteiger partial charge on any atom is 0.161 e. The van der Waals surface area contributed by atoms with E-state index in [9.17, 15) is 4.39 Å². The van der Waals surface area contributed by atoms with Crippen molar-refractivity contribution in [2.24, 2.45) is 11.8 Å². The van der Waals surface area contributed by atoms with Gasteiger partial charge >= 0.3 is 0 Å². The largest absolute Gasteiger partial charge is 0.493 e. The lowest BCUT2D eigenvalue weighted by Crippen LogP contribution is -2.49. The van der Waals surface area contributed by atoms with Crippen LogP contribution in [0.1, 0.15) is 83.4 Å². The first-order chi connectivity index (χ1) is 15.2. The average Bonchev–Trinajstić information content (AvgIpc) is 2.74. The van der Waals surface area contributed by atoms with Gasteiger partial charge in [-0.3, -0.25) is 4.90 Å². The van der Waals surface area contributed by atoms with Crippen molar-refractivity contribution >= 4 is 0 Å². The summed E-state index contributed by atoms with van der Waals surface area (Å²) in [5.41, 5.74) is 1.68. The molecule has 0 aromatic heterocycles. The van der Waals surface area contributed by atoms with E-state index in [1.165, 1.54) is 17.5 Å². The third kappa shape index (κ3) is 6.60. The summed E-state index contributed by atoms with van der Waals surface area (Å²) in [5, 5.41) is 0. The van der Waals surface area contributed by atoms with Crippen molar-refractivity contribution < 1.29 is 18.6 Å². The van der Waals surface area contributed by atoms with E-state index in [1.807, 2.05) is 0 Å². The van der Waals surface area contributed by atoms with Gasteiger partial charge in [0.1, 0.15) is 5.67 Å². The van der Waals surface area contributed by atoms with Gasteiger partial charge in [-0.1, -0.05) is 26.7 Å². The van der Waals surface area contributed by atoms with Gasteiger partial charge in [-0.15, -0.1) is 0 Å². The van der Waals surface area contributed by atoms with Crippen molar-refractivity contribution in [3.63, 3.8) is 0 Å². The van der Waals surface area contributed by atoms with Gasteiger partial charge in [0.2, 0.25) is 0 Å². The highest BCUT2D eigenvalue weighted by Crippen LogP contribution is 2.44. The summed E-state index contributed by atoms with van der Waals surface area (Å²) in [4.78, 5) is 2.66. The molecule has 0 bridgehead atoms. The summed E-state index contributed by atoms with van der Waals surface area (Å²) in [5.74, 6) is 2.86. The minimum atomic E-state index is -1.06. The molecule has 0 amide bonds. The fraction of sp³-hybridized carbons (Fsp3) is 0.778. The topological polar surface area (TPSA) is 30.9 Å². The van der Waals surface area contributed by atoms with Crippen LogP contribution in [-0.2, 0) is 11.2 Å². The molecule has 1 aromatic rings. The van der Waals surface area contributed by atoms with Gasteiger partial charge in [0, 0.05) is 25.7 Å². The summed E-state index contributed by atoms with van der Waals surface area (Å²) in [6.45, 7) is 10.9. The van der Waals surface area contributed by atoms with E-state index in [4.69, 9.17) is 14.2 Å². The predicted molar refractivity (Wildman–Crippen MR) is 129 cm³/mol. The number of fused-ring (bicyclic) bond motifs is 3. The van der Waals surface area contributed by atoms with Crippen LogP contribution >= 0.6 is 0 Å². The number of benzene rings is 1. The van der Waals surface area contributed by atoms with Crippen molar-refractivity contribution in [3.8, 4) is 11.5 Å². The van der Waals surface area contributed by atoms with Crippen LogP contribution in [0.2, 0.25) is 0 Å². The SMILES string of the molecule is COc1cc2c(cc1OC)[C@@H]1C[C@H](OCCCCCC(C)(C)[19F])[C@@H](CC(C)C)CN1CC2. The lowest BCUT2D eigenvalue weighted by Gasteiger charge is -2.47. The minimum absolute atomic E-state index is 0.273. The van der Waals surface area contributed by atoms with Gasteiger partial charge < -0.3 is 14.2 Å². The number of piperidine rings is 1. The Hall–Kier alpha value is -1.33. The second kappa shape index (κ2) is 11.2. The molecule has 0 saturated carbocycles. The van der Waals surface area contributed by atoms with Gasteiger partial charge in [-0.25, -0.2) is 4.39 Å². The minimum Gasteiger partial charge on any atom is -0.493 e. The summed E-state index contributed by atoms with van der Waals surface area (Å²) < 4.78 is 31.4. The zero-order valence-corrected chi connectivity index (χ0v) is 21.1. The lowest BCUT2D eigenvalue weighted by atomic mass is 9.79. The van der Waals surface area contributed by atoms with E-state index in [-0.39, 0.29) is 6.10 Å². The van der Waals surface area contributed by atoms with Crippen LogP contribution in [0, 0.1) is 11.8 Å². The highest BCUT2D eigenvalue weighted by Gasteiger charge is 2.40. The summed E-state index contributed by atoms with van der Waals surface area (Å²) in [7, 11) is 3.41. The summed E-state index contributed by atoms with van der Waals surface area (Å²) in [6.07, 6.45) is 7.15. The molecule has 3 atom stereocenters. The Morgan fingerprint density at radius 3 is 2.47 bits per heavy atom. The molecule has 0 radical (unpaired) electrons. The molecule has 0 N–H and O–H groups in total. The summed E-state index contributed by atoms with van der Waals surface area (Å²) in [6, 6.07) is 4.72. The van der Waals surface area contributed by atoms with Crippen LogP contribution < -0.4 is 9.47 Å². The van der Waals surface area contributed by atoms with Crippen LogP contribution in [0.25, 0.3) is 0 Å². The van der Waals surface area contributed by atoms with Gasteiger partial charge in [0.25, 0.3) is 0 Å². The second-order valence-electron chi connectivity index (χ2n) is 10.7. The Balaban J connectivity index is 1.67. The smallest absolute Gasteiger partial charge is 0.161 e. The standard InChI is InChI=1S/C27H44FNO3/c1-19(2)14-21-18-29-12-10-20-15-25(30-5)26(31-6)16-22(20)23(29)17-24(21)32-13-9-7-8-11-27(3,4)28/h15-16,19,21,23-24H,7-14,17-18H2,1-6H3/t21-,23-,24-/m0/s1/i28+0. The van der Waals surface area contributed by atoms with E-state index >= 15 is 0 Å². The Morgan fingerprint density at radius 1 is 1.09 bits per heavy atom. The van der Waals surface area contributed by atoms with Gasteiger partial charge in [-0.05, 0) is 81.0 Å². The zero-order chi connectivity index (χ0) is 23.3. The fourth-order valence-electron chi connectivity index (χ4n) is 5.50. The molecule has 32 heavy (non-hydrogen) atoms. The lowest BCUT2D eigenvalue weighted by molar-refractivity contribution is -0.0648. The van der Waals surface area contributed by atoms with E-state index in [0.717, 1.165) is 63.3 Å². The number of alkyl halides is 1. The molecular formula is C27H44FNO3. The van der Waals surface area contributed by atoms with Crippen molar-refractivity contribution in [2.75, 3.05) is 33.9 Å². The third-order valence-corrected chi connectivity index (χ3v) is 7.09.